The normalized spacial score (nSPS) is 43.0. The van der Waals surface area contributed by atoms with Gasteiger partial charge in [-0.15, -0.1) is 0 Å². The highest BCUT2D eigenvalue weighted by atomic mass is 16.6. The summed E-state index contributed by atoms with van der Waals surface area (Å²) in [5.74, 6) is 1.77. The lowest BCUT2D eigenvalue weighted by Gasteiger charge is -2.59. The van der Waals surface area contributed by atoms with Crippen molar-refractivity contribution >= 4 is 29.8 Å². The highest BCUT2D eigenvalue weighted by molar-refractivity contribution is 5.81. The van der Waals surface area contributed by atoms with E-state index >= 15 is 4.79 Å². The van der Waals surface area contributed by atoms with E-state index in [-0.39, 0.29) is 53.7 Å². The number of hydrogen-bond donors (Lipinski definition) is 1. The summed E-state index contributed by atoms with van der Waals surface area (Å²) in [6, 6.07) is 0. The average Bonchev–Trinajstić information content (AvgIpc) is 4.01. The molecule has 1 heterocycles. The second-order valence-electron chi connectivity index (χ2n) is 27.4. The number of fused-ring (bicyclic) bond motifs is 1. The van der Waals surface area contributed by atoms with Crippen LogP contribution < -0.4 is 0 Å². The third-order valence-corrected chi connectivity index (χ3v) is 21.6. The summed E-state index contributed by atoms with van der Waals surface area (Å²) in [7, 11) is 0. The standard InChI is InChI=1S/C56H84O11/c1-9-50(4,46(59)64-42-37-26-40-41(27-37)44(57)63-43(40)42)16-17-52(6,48(61)67-56-30-35-21-36(31-56)29-55(62,28-35)32-56)19-18-51(5,47(60)65-53(7)12-10-11-13-53)15-14-49(2,3)45(58)66-54(8)38-22-33-20-34(24-38)25-39(54)23-33/h33-43,62H,9-32H2,1-8H3. The van der Waals surface area contributed by atoms with Gasteiger partial charge in [-0.25, -0.2) is 0 Å². The Bertz CT molecular complexity index is 1960. The van der Waals surface area contributed by atoms with Gasteiger partial charge in [-0.3, -0.25) is 24.0 Å². The molecular weight excluding hydrogens is 849 g/mol. The van der Waals surface area contributed by atoms with Crippen LogP contribution in [0.2, 0.25) is 0 Å². The summed E-state index contributed by atoms with van der Waals surface area (Å²) >= 11 is 0. The molecule has 11 heteroatoms. The molecule has 11 saturated carbocycles. The fraction of sp³-hybridized carbons (Fsp3) is 0.911. The molecule has 0 aromatic carbocycles. The van der Waals surface area contributed by atoms with Crippen molar-refractivity contribution in [2.45, 2.75) is 244 Å². The smallest absolute Gasteiger partial charge is 0.312 e. The molecule has 11 nitrogen and oxygen atoms in total. The van der Waals surface area contributed by atoms with E-state index < -0.39 is 50.2 Å². The Labute approximate surface area is 400 Å². The van der Waals surface area contributed by atoms with E-state index in [0.29, 0.717) is 81.5 Å². The molecule has 1 aliphatic heterocycles. The van der Waals surface area contributed by atoms with Gasteiger partial charge in [-0.05, 0) is 232 Å². The van der Waals surface area contributed by atoms with Crippen molar-refractivity contribution in [2.75, 3.05) is 0 Å². The Kier molecular flexibility index (Phi) is 11.8. The Morgan fingerprint density at radius 3 is 1.75 bits per heavy atom. The number of carbonyl (C=O) groups excluding carboxylic acids is 5. The van der Waals surface area contributed by atoms with E-state index in [1.54, 1.807) is 0 Å². The van der Waals surface area contributed by atoms with Crippen LogP contribution in [0.3, 0.4) is 0 Å². The minimum Gasteiger partial charge on any atom is -0.459 e. The summed E-state index contributed by atoms with van der Waals surface area (Å²) in [5, 5.41) is 11.7. The van der Waals surface area contributed by atoms with Gasteiger partial charge in [0.2, 0.25) is 0 Å². The lowest BCUT2D eigenvalue weighted by Crippen LogP contribution is -2.61. The van der Waals surface area contributed by atoms with Crippen molar-refractivity contribution in [3.63, 3.8) is 0 Å². The molecule has 10 unspecified atom stereocenters. The van der Waals surface area contributed by atoms with E-state index in [2.05, 4.69) is 6.92 Å². The van der Waals surface area contributed by atoms with Gasteiger partial charge >= 0.3 is 29.8 Å². The molecule has 10 bridgehead atoms. The van der Waals surface area contributed by atoms with Crippen molar-refractivity contribution < 1.29 is 52.8 Å². The summed E-state index contributed by atoms with van der Waals surface area (Å²) < 4.78 is 32.1. The lowest BCUT2D eigenvalue weighted by molar-refractivity contribution is -0.227. The minimum absolute atomic E-state index is 0.0806. The van der Waals surface area contributed by atoms with Crippen LogP contribution in [0.25, 0.3) is 0 Å². The van der Waals surface area contributed by atoms with E-state index in [4.69, 9.17) is 23.7 Å². The van der Waals surface area contributed by atoms with Gasteiger partial charge in [0, 0.05) is 18.3 Å². The second-order valence-corrected chi connectivity index (χ2v) is 27.4. The van der Waals surface area contributed by atoms with Crippen LogP contribution in [-0.4, -0.2) is 69.6 Å². The number of carbonyl (C=O) groups is 5. The Morgan fingerprint density at radius 1 is 0.642 bits per heavy atom. The molecule has 12 fully saturated rings. The lowest BCUT2D eigenvalue weighted by atomic mass is 9.50. The first-order valence-electron chi connectivity index (χ1n) is 27.2. The maximum Gasteiger partial charge on any atom is 0.312 e. The van der Waals surface area contributed by atoms with Crippen LogP contribution in [0.4, 0.5) is 0 Å². The number of rotatable bonds is 18. The predicted octanol–water partition coefficient (Wildman–Crippen LogP) is 10.5. The molecule has 0 aromatic heterocycles. The van der Waals surface area contributed by atoms with Gasteiger partial charge in [-0.2, -0.15) is 0 Å². The van der Waals surface area contributed by atoms with Crippen LogP contribution in [0.5, 0.6) is 0 Å². The number of ether oxygens (including phenoxy) is 5. The SMILES string of the molecule is CCC(C)(CCC(C)(CCC(C)(CCC(C)(C)C(=O)OC1(C)C2CC3CC(C2)CC1C3)C(=O)OC1(C)CCCC1)C(=O)OC12CC3CC(CC(O)(C3)C1)C2)C(=O)OC1C2CC3C(=O)OC1C3C2. The molecule has 0 spiro atoms. The first-order chi connectivity index (χ1) is 31.4. The largest absolute Gasteiger partial charge is 0.459 e. The first-order valence-corrected chi connectivity index (χ1v) is 27.2. The Morgan fingerprint density at radius 2 is 1.18 bits per heavy atom. The maximum absolute atomic E-state index is 15.2. The molecule has 11 aliphatic carbocycles. The number of aliphatic hydroxyl groups is 1. The van der Waals surface area contributed by atoms with Crippen molar-refractivity contribution in [1.82, 2.24) is 0 Å². The second kappa shape index (κ2) is 16.4. The van der Waals surface area contributed by atoms with E-state index in [9.17, 15) is 24.3 Å². The zero-order valence-electron chi connectivity index (χ0n) is 42.4. The zero-order chi connectivity index (χ0) is 47.7. The number of esters is 5. The average molecular weight is 933 g/mol. The van der Waals surface area contributed by atoms with Crippen molar-refractivity contribution in [3.05, 3.63) is 0 Å². The molecule has 10 atom stereocenters. The summed E-state index contributed by atoms with van der Waals surface area (Å²) in [6.07, 6.45) is 17.3. The van der Waals surface area contributed by atoms with Crippen LogP contribution in [0.15, 0.2) is 0 Å². The Balaban J connectivity index is 0.884. The fourth-order valence-electron chi connectivity index (χ4n) is 17.0. The molecular formula is C56H84O11. The van der Waals surface area contributed by atoms with Gasteiger partial charge in [0.15, 0.2) is 0 Å². The molecule has 67 heavy (non-hydrogen) atoms. The van der Waals surface area contributed by atoms with Crippen LogP contribution in [0.1, 0.15) is 209 Å². The van der Waals surface area contributed by atoms with E-state index in [0.717, 1.165) is 102 Å². The molecule has 1 saturated heterocycles. The third kappa shape index (κ3) is 8.50. The van der Waals surface area contributed by atoms with Gasteiger partial charge in [0.25, 0.3) is 0 Å². The molecule has 0 amide bonds. The molecule has 1 N–H and O–H groups in total. The molecule has 12 rings (SSSR count). The van der Waals surface area contributed by atoms with E-state index in [1.165, 1.54) is 6.42 Å². The van der Waals surface area contributed by atoms with Crippen molar-refractivity contribution in [2.24, 2.45) is 74.9 Å². The van der Waals surface area contributed by atoms with Gasteiger partial charge < -0.3 is 28.8 Å². The fourth-order valence-corrected chi connectivity index (χ4v) is 17.0. The third-order valence-electron chi connectivity index (χ3n) is 21.6. The molecule has 0 radical (unpaired) electrons. The Hall–Kier alpha value is -2.69. The highest BCUT2D eigenvalue weighted by Crippen LogP contribution is 2.62. The summed E-state index contributed by atoms with van der Waals surface area (Å²) in [5.41, 5.74) is -6.53. The van der Waals surface area contributed by atoms with Crippen molar-refractivity contribution in [3.8, 4) is 0 Å². The van der Waals surface area contributed by atoms with Crippen LogP contribution in [-0.2, 0) is 47.7 Å². The van der Waals surface area contributed by atoms with E-state index in [1.807, 2.05) is 48.5 Å². The molecule has 12 aliphatic rings. The first kappa shape index (κ1) is 48.0. The zero-order valence-corrected chi connectivity index (χ0v) is 42.4. The molecule has 374 valence electrons. The topological polar surface area (TPSA) is 152 Å². The monoisotopic (exact) mass is 933 g/mol. The predicted molar refractivity (Wildman–Crippen MR) is 249 cm³/mol. The minimum atomic E-state index is -1.11. The highest BCUT2D eigenvalue weighted by Gasteiger charge is 2.65. The maximum atomic E-state index is 15.2. The summed E-state index contributed by atoms with van der Waals surface area (Å²) in [6.45, 7) is 15.9. The van der Waals surface area contributed by atoms with Gasteiger partial charge in [0.05, 0.1) is 33.2 Å². The van der Waals surface area contributed by atoms with Gasteiger partial charge in [-0.1, -0.05) is 6.92 Å². The summed E-state index contributed by atoms with van der Waals surface area (Å²) in [4.78, 5) is 71.4. The number of hydrogen-bond acceptors (Lipinski definition) is 11. The van der Waals surface area contributed by atoms with Crippen LogP contribution >= 0.6 is 0 Å². The van der Waals surface area contributed by atoms with Gasteiger partial charge in [0.1, 0.15) is 29.0 Å². The van der Waals surface area contributed by atoms with Crippen molar-refractivity contribution in [1.29, 1.82) is 0 Å². The quantitative estimate of drug-likeness (QED) is 0.103. The van der Waals surface area contributed by atoms with Crippen LogP contribution in [0, 0.1) is 74.9 Å². The molecule has 0 aromatic rings.